The van der Waals surface area contributed by atoms with E-state index in [0.717, 1.165) is 32.1 Å². The van der Waals surface area contributed by atoms with Crippen molar-refractivity contribution in [1.82, 2.24) is 9.97 Å². The van der Waals surface area contributed by atoms with Gasteiger partial charge in [0.15, 0.2) is 0 Å². The third-order valence-corrected chi connectivity index (χ3v) is 4.06. The summed E-state index contributed by atoms with van der Waals surface area (Å²) in [6.07, 6.45) is 6.75. The fraction of sp³-hybridized carbons (Fsp3) is 0.733. The average Bonchev–Trinajstić information content (AvgIpc) is 2.44. The van der Waals surface area contributed by atoms with Gasteiger partial charge in [-0.25, -0.2) is 4.98 Å². The molecule has 0 amide bonds. The second-order valence-corrected chi connectivity index (χ2v) is 5.52. The summed E-state index contributed by atoms with van der Waals surface area (Å²) in [6, 6.07) is 0. The van der Waals surface area contributed by atoms with Crippen LogP contribution in [0.1, 0.15) is 63.8 Å². The summed E-state index contributed by atoms with van der Waals surface area (Å²) in [5.41, 5.74) is 6.01. The van der Waals surface area contributed by atoms with Crippen LogP contribution in [0.15, 0.2) is 4.79 Å². The van der Waals surface area contributed by atoms with Crippen molar-refractivity contribution in [2.75, 3.05) is 12.3 Å². The van der Waals surface area contributed by atoms with E-state index in [1.54, 1.807) is 0 Å². The molecule has 1 aromatic heterocycles. The maximum absolute atomic E-state index is 12.2. The van der Waals surface area contributed by atoms with E-state index in [1.165, 1.54) is 6.42 Å². The molecule has 5 nitrogen and oxygen atoms in total. The normalized spacial score (nSPS) is 18.1. The lowest BCUT2D eigenvalue weighted by Crippen LogP contribution is -2.37. The molecule has 1 aliphatic carbocycles. The lowest BCUT2D eigenvalue weighted by molar-refractivity contribution is -0.0767. The monoisotopic (exact) mass is 279 g/mol. The smallest absolute Gasteiger partial charge is 0.256 e. The summed E-state index contributed by atoms with van der Waals surface area (Å²) in [5, 5.41) is 0. The highest BCUT2D eigenvalue weighted by molar-refractivity contribution is 5.38. The number of hydrogen-bond acceptors (Lipinski definition) is 4. The van der Waals surface area contributed by atoms with E-state index < -0.39 is 5.60 Å². The predicted octanol–water partition coefficient (Wildman–Crippen LogP) is 2.50. The topological polar surface area (TPSA) is 81.0 Å². The summed E-state index contributed by atoms with van der Waals surface area (Å²) in [5.74, 6) is 0.969. The standard InChI is InChI=1S/C15H25N3O2/c1-3-8-11-12(16)17-14(18-13(11)19)15(20-4-2)9-6-5-7-10-15/h3-10H2,1-2H3,(H3,16,17,18,19). The zero-order valence-electron chi connectivity index (χ0n) is 12.5. The van der Waals surface area contributed by atoms with Crippen LogP contribution in [0, 0.1) is 0 Å². The SMILES string of the molecule is CCCc1c(N)nc(C2(OCC)CCCCC2)[nH]c1=O. The minimum atomic E-state index is -0.453. The molecular weight excluding hydrogens is 254 g/mol. The lowest BCUT2D eigenvalue weighted by Gasteiger charge is -2.36. The van der Waals surface area contributed by atoms with Crippen LogP contribution in [0.5, 0.6) is 0 Å². The van der Waals surface area contributed by atoms with Gasteiger partial charge in [-0.3, -0.25) is 4.79 Å². The minimum Gasteiger partial charge on any atom is -0.383 e. The summed E-state index contributed by atoms with van der Waals surface area (Å²) >= 11 is 0. The predicted molar refractivity (Wildman–Crippen MR) is 79.7 cm³/mol. The van der Waals surface area contributed by atoms with Gasteiger partial charge in [0.2, 0.25) is 0 Å². The maximum Gasteiger partial charge on any atom is 0.256 e. The Balaban J connectivity index is 2.41. The first-order valence-electron chi connectivity index (χ1n) is 7.66. The third kappa shape index (κ3) is 2.87. The van der Waals surface area contributed by atoms with Gasteiger partial charge in [-0.05, 0) is 26.2 Å². The number of aromatic nitrogens is 2. The van der Waals surface area contributed by atoms with E-state index in [4.69, 9.17) is 10.5 Å². The van der Waals surface area contributed by atoms with E-state index >= 15 is 0 Å². The van der Waals surface area contributed by atoms with Crippen LogP contribution in [0.25, 0.3) is 0 Å². The number of nitrogens with zero attached hydrogens (tertiary/aromatic N) is 1. The van der Waals surface area contributed by atoms with Crippen molar-refractivity contribution in [3.8, 4) is 0 Å². The third-order valence-electron chi connectivity index (χ3n) is 4.06. The fourth-order valence-corrected chi connectivity index (χ4v) is 3.07. The van der Waals surface area contributed by atoms with E-state index in [0.29, 0.717) is 30.2 Å². The van der Waals surface area contributed by atoms with E-state index in [2.05, 4.69) is 9.97 Å². The highest BCUT2D eigenvalue weighted by Crippen LogP contribution is 2.38. The van der Waals surface area contributed by atoms with Crippen molar-refractivity contribution in [2.45, 2.75) is 64.4 Å². The van der Waals surface area contributed by atoms with Crippen molar-refractivity contribution in [3.63, 3.8) is 0 Å². The molecule has 0 unspecified atom stereocenters. The largest absolute Gasteiger partial charge is 0.383 e. The minimum absolute atomic E-state index is 0.112. The van der Waals surface area contributed by atoms with Crippen LogP contribution in [0.3, 0.4) is 0 Å². The quantitative estimate of drug-likeness (QED) is 0.867. The van der Waals surface area contributed by atoms with Crippen molar-refractivity contribution >= 4 is 5.82 Å². The van der Waals surface area contributed by atoms with Crippen molar-refractivity contribution in [3.05, 3.63) is 21.7 Å². The Bertz CT molecular complexity index is 499. The highest BCUT2D eigenvalue weighted by Gasteiger charge is 2.37. The molecule has 1 aliphatic rings. The van der Waals surface area contributed by atoms with Crippen LogP contribution in [-0.4, -0.2) is 16.6 Å². The van der Waals surface area contributed by atoms with Crippen LogP contribution < -0.4 is 11.3 Å². The summed E-state index contributed by atoms with van der Waals surface area (Å²) < 4.78 is 5.98. The van der Waals surface area contributed by atoms with E-state index in [-0.39, 0.29) is 5.56 Å². The Kier molecular flexibility index (Phi) is 4.81. The molecule has 0 aromatic carbocycles. The van der Waals surface area contributed by atoms with Gasteiger partial charge in [0, 0.05) is 6.61 Å². The Labute approximate surface area is 119 Å². The number of ether oxygens (including phenoxy) is 1. The van der Waals surface area contributed by atoms with Crippen LogP contribution in [0.2, 0.25) is 0 Å². The van der Waals surface area contributed by atoms with Gasteiger partial charge in [0.05, 0.1) is 5.56 Å². The number of rotatable bonds is 5. The van der Waals surface area contributed by atoms with Gasteiger partial charge in [0.1, 0.15) is 17.2 Å². The molecule has 5 heteroatoms. The average molecular weight is 279 g/mol. The van der Waals surface area contributed by atoms with Gasteiger partial charge in [0.25, 0.3) is 5.56 Å². The molecule has 1 heterocycles. The molecule has 20 heavy (non-hydrogen) atoms. The highest BCUT2D eigenvalue weighted by atomic mass is 16.5. The summed E-state index contributed by atoms with van der Waals surface area (Å²) in [4.78, 5) is 19.6. The fourth-order valence-electron chi connectivity index (χ4n) is 3.07. The zero-order valence-corrected chi connectivity index (χ0v) is 12.5. The molecule has 1 saturated carbocycles. The zero-order chi connectivity index (χ0) is 14.6. The molecule has 1 fully saturated rings. The molecule has 0 saturated heterocycles. The van der Waals surface area contributed by atoms with Gasteiger partial charge in [-0.15, -0.1) is 0 Å². The molecule has 0 bridgehead atoms. The number of nitrogens with one attached hydrogen (secondary N) is 1. The van der Waals surface area contributed by atoms with Crippen LogP contribution in [-0.2, 0) is 16.8 Å². The molecule has 0 atom stereocenters. The first-order valence-corrected chi connectivity index (χ1v) is 7.66. The summed E-state index contributed by atoms with van der Waals surface area (Å²) in [7, 11) is 0. The molecule has 1 aromatic rings. The van der Waals surface area contributed by atoms with Gasteiger partial charge in [-0.1, -0.05) is 32.6 Å². The van der Waals surface area contributed by atoms with E-state index in [1.807, 2.05) is 13.8 Å². The van der Waals surface area contributed by atoms with Gasteiger partial charge >= 0.3 is 0 Å². The molecule has 0 spiro atoms. The number of nitrogen functional groups attached to an aromatic ring is 1. The number of anilines is 1. The number of aromatic amines is 1. The van der Waals surface area contributed by atoms with E-state index in [9.17, 15) is 4.79 Å². The van der Waals surface area contributed by atoms with Crippen molar-refractivity contribution < 1.29 is 4.74 Å². The second-order valence-electron chi connectivity index (χ2n) is 5.52. The Morgan fingerprint density at radius 3 is 2.55 bits per heavy atom. The Morgan fingerprint density at radius 1 is 1.30 bits per heavy atom. The molecule has 0 radical (unpaired) electrons. The second kappa shape index (κ2) is 6.39. The maximum atomic E-state index is 12.2. The van der Waals surface area contributed by atoms with Crippen molar-refractivity contribution in [2.24, 2.45) is 0 Å². The number of nitrogens with two attached hydrogens (primary N) is 1. The van der Waals surface area contributed by atoms with Crippen LogP contribution >= 0.6 is 0 Å². The number of hydrogen-bond donors (Lipinski definition) is 2. The number of H-pyrrole nitrogens is 1. The Hall–Kier alpha value is -1.36. The summed E-state index contributed by atoms with van der Waals surface area (Å²) in [6.45, 7) is 4.61. The molecule has 0 aliphatic heterocycles. The van der Waals surface area contributed by atoms with Gasteiger partial charge in [-0.2, -0.15) is 0 Å². The molecule has 3 N–H and O–H groups in total. The van der Waals surface area contributed by atoms with Crippen LogP contribution in [0.4, 0.5) is 5.82 Å². The van der Waals surface area contributed by atoms with Crippen molar-refractivity contribution in [1.29, 1.82) is 0 Å². The Morgan fingerprint density at radius 2 is 2.00 bits per heavy atom. The first kappa shape index (κ1) is 15.0. The molecule has 112 valence electrons. The molecular formula is C15H25N3O2. The first-order chi connectivity index (χ1) is 9.63. The molecule has 2 rings (SSSR count). The van der Waals surface area contributed by atoms with Gasteiger partial charge < -0.3 is 15.5 Å². The lowest BCUT2D eigenvalue weighted by atomic mass is 9.83.